The highest BCUT2D eigenvalue weighted by Crippen LogP contribution is 2.25. The van der Waals surface area contributed by atoms with Crippen molar-refractivity contribution in [1.82, 2.24) is 4.98 Å². The summed E-state index contributed by atoms with van der Waals surface area (Å²) in [5, 5.41) is 3.75. The highest BCUT2D eigenvalue weighted by molar-refractivity contribution is 9.10. The van der Waals surface area contributed by atoms with E-state index in [1.54, 1.807) is 12.3 Å². The van der Waals surface area contributed by atoms with Gasteiger partial charge in [0.05, 0.1) is 15.9 Å². The van der Waals surface area contributed by atoms with E-state index in [9.17, 15) is 0 Å². The molecule has 0 atom stereocenters. The molecule has 0 aliphatic carbocycles. The average molecular weight is 338 g/mol. The van der Waals surface area contributed by atoms with E-state index in [2.05, 4.69) is 26.2 Å². The molecule has 2 rings (SSSR count). The Morgan fingerprint density at radius 1 is 1.38 bits per heavy atom. The van der Waals surface area contributed by atoms with E-state index >= 15 is 0 Å². The fourth-order valence-electron chi connectivity index (χ4n) is 1.16. The first-order valence-corrected chi connectivity index (χ1v) is 6.81. The number of pyridine rings is 1. The number of nitrogens with one attached hydrogen (secondary N) is 1. The molecule has 0 fully saturated rings. The molecule has 0 bridgehead atoms. The maximum absolute atomic E-state index is 6.02. The van der Waals surface area contributed by atoms with Crippen LogP contribution in [0.4, 0.5) is 5.82 Å². The first-order chi connectivity index (χ1) is 7.65. The molecule has 0 aliphatic rings. The van der Waals surface area contributed by atoms with Crippen LogP contribution in [0.5, 0.6) is 0 Å². The van der Waals surface area contributed by atoms with Gasteiger partial charge in [-0.25, -0.2) is 4.98 Å². The summed E-state index contributed by atoms with van der Waals surface area (Å²) in [6, 6.07) is 5.66. The zero-order valence-corrected chi connectivity index (χ0v) is 11.9. The number of hydrogen-bond donors (Lipinski definition) is 1. The second-order valence-corrected chi connectivity index (χ2v) is 6.17. The topological polar surface area (TPSA) is 24.9 Å². The van der Waals surface area contributed by atoms with Gasteiger partial charge in [-0.05, 0) is 34.1 Å². The van der Waals surface area contributed by atoms with E-state index in [-0.39, 0.29) is 0 Å². The van der Waals surface area contributed by atoms with Gasteiger partial charge < -0.3 is 5.32 Å². The number of nitrogens with zero attached hydrogens (tertiary/aromatic N) is 1. The standard InChI is InChI=1S/C10H7BrCl2N2S/c11-6-3-8(12)10(14-4-6)15-5-7-1-2-9(13)16-7/h1-4H,5H2,(H,14,15). The Labute approximate surface area is 116 Å². The Bertz CT molecular complexity index is 501. The van der Waals surface area contributed by atoms with Gasteiger partial charge in [-0.15, -0.1) is 11.3 Å². The molecular formula is C10H7BrCl2N2S. The molecule has 0 unspecified atom stereocenters. The fourth-order valence-corrected chi connectivity index (χ4v) is 2.89. The Kier molecular flexibility index (Phi) is 4.08. The summed E-state index contributed by atoms with van der Waals surface area (Å²) in [7, 11) is 0. The second kappa shape index (κ2) is 5.36. The molecule has 0 radical (unpaired) electrons. The lowest BCUT2D eigenvalue weighted by Gasteiger charge is -2.05. The summed E-state index contributed by atoms with van der Waals surface area (Å²) in [4.78, 5) is 5.33. The van der Waals surface area contributed by atoms with Crippen LogP contribution in [0.15, 0.2) is 28.9 Å². The van der Waals surface area contributed by atoms with E-state index in [1.165, 1.54) is 11.3 Å². The average Bonchev–Trinajstić information content (AvgIpc) is 2.63. The smallest absolute Gasteiger partial charge is 0.145 e. The van der Waals surface area contributed by atoms with Crippen LogP contribution in [-0.2, 0) is 6.54 Å². The van der Waals surface area contributed by atoms with Crippen molar-refractivity contribution in [2.24, 2.45) is 0 Å². The lowest BCUT2D eigenvalue weighted by molar-refractivity contribution is 1.14. The molecule has 2 nitrogen and oxygen atoms in total. The molecule has 0 spiro atoms. The van der Waals surface area contributed by atoms with E-state index in [1.807, 2.05) is 12.1 Å². The third-order valence-electron chi connectivity index (χ3n) is 1.87. The lowest BCUT2D eigenvalue weighted by atomic mass is 10.4. The number of hydrogen-bond acceptors (Lipinski definition) is 3. The van der Waals surface area contributed by atoms with Crippen molar-refractivity contribution in [3.8, 4) is 0 Å². The summed E-state index contributed by atoms with van der Waals surface area (Å²) in [5.41, 5.74) is 0. The van der Waals surface area contributed by atoms with Crippen molar-refractivity contribution in [3.63, 3.8) is 0 Å². The SMILES string of the molecule is Clc1ccc(CNc2ncc(Br)cc2Cl)s1. The molecule has 84 valence electrons. The number of anilines is 1. The number of aromatic nitrogens is 1. The number of halogens is 3. The van der Waals surface area contributed by atoms with Gasteiger partial charge in [-0.3, -0.25) is 0 Å². The molecule has 0 amide bonds. The lowest BCUT2D eigenvalue weighted by Crippen LogP contribution is -2.00. The van der Waals surface area contributed by atoms with Crippen LogP contribution in [0.1, 0.15) is 4.88 Å². The molecular weight excluding hydrogens is 331 g/mol. The van der Waals surface area contributed by atoms with Crippen molar-refractivity contribution in [3.05, 3.63) is 43.1 Å². The number of rotatable bonds is 3. The van der Waals surface area contributed by atoms with Crippen LogP contribution >= 0.6 is 50.5 Å². The Morgan fingerprint density at radius 2 is 2.19 bits per heavy atom. The molecule has 0 saturated carbocycles. The summed E-state index contributed by atoms with van der Waals surface area (Å²) < 4.78 is 1.65. The van der Waals surface area contributed by atoms with Gasteiger partial charge >= 0.3 is 0 Å². The van der Waals surface area contributed by atoms with Crippen molar-refractivity contribution in [1.29, 1.82) is 0 Å². The molecule has 16 heavy (non-hydrogen) atoms. The van der Waals surface area contributed by atoms with Gasteiger partial charge in [-0.1, -0.05) is 23.2 Å². The molecule has 2 aromatic heterocycles. The van der Waals surface area contributed by atoms with Gasteiger partial charge in [0.2, 0.25) is 0 Å². The minimum absolute atomic E-state index is 0.594. The fraction of sp³-hybridized carbons (Fsp3) is 0.100. The zero-order chi connectivity index (χ0) is 11.5. The molecule has 6 heteroatoms. The largest absolute Gasteiger partial charge is 0.364 e. The van der Waals surface area contributed by atoms with Gasteiger partial charge in [-0.2, -0.15) is 0 Å². The minimum atomic E-state index is 0.594. The molecule has 0 saturated heterocycles. The monoisotopic (exact) mass is 336 g/mol. The Hall–Kier alpha value is -0.290. The van der Waals surface area contributed by atoms with Crippen LogP contribution in [-0.4, -0.2) is 4.98 Å². The minimum Gasteiger partial charge on any atom is -0.364 e. The number of thiophene rings is 1. The highest BCUT2D eigenvalue weighted by atomic mass is 79.9. The summed E-state index contributed by atoms with van der Waals surface area (Å²) in [6.07, 6.45) is 1.70. The Morgan fingerprint density at radius 3 is 2.81 bits per heavy atom. The van der Waals surface area contributed by atoms with Crippen molar-refractivity contribution >= 4 is 56.3 Å². The van der Waals surface area contributed by atoms with Gasteiger partial charge in [0.15, 0.2) is 0 Å². The third kappa shape index (κ3) is 3.10. The van der Waals surface area contributed by atoms with Gasteiger partial charge in [0.1, 0.15) is 5.82 Å². The second-order valence-electron chi connectivity index (χ2n) is 3.04. The maximum atomic E-state index is 6.02. The molecule has 2 heterocycles. The van der Waals surface area contributed by atoms with Crippen molar-refractivity contribution in [2.45, 2.75) is 6.54 Å². The van der Waals surface area contributed by atoms with E-state index in [4.69, 9.17) is 23.2 Å². The van der Waals surface area contributed by atoms with Crippen molar-refractivity contribution < 1.29 is 0 Å². The van der Waals surface area contributed by atoms with E-state index in [0.717, 1.165) is 13.7 Å². The summed E-state index contributed by atoms with van der Waals surface area (Å²) in [5.74, 6) is 0.675. The van der Waals surface area contributed by atoms with Gasteiger partial charge in [0, 0.05) is 15.5 Å². The highest BCUT2D eigenvalue weighted by Gasteiger charge is 2.03. The van der Waals surface area contributed by atoms with E-state index in [0.29, 0.717) is 17.4 Å². The Balaban J connectivity index is 2.04. The molecule has 0 aromatic carbocycles. The predicted molar refractivity (Wildman–Crippen MR) is 73.6 cm³/mol. The van der Waals surface area contributed by atoms with Crippen LogP contribution in [0.2, 0.25) is 9.36 Å². The van der Waals surface area contributed by atoms with Crippen LogP contribution in [0, 0.1) is 0 Å². The van der Waals surface area contributed by atoms with Crippen molar-refractivity contribution in [2.75, 3.05) is 5.32 Å². The van der Waals surface area contributed by atoms with Crippen LogP contribution in [0.3, 0.4) is 0 Å². The third-order valence-corrected chi connectivity index (χ3v) is 3.82. The zero-order valence-electron chi connectivity index (χ0n) is 8.01. The van der Waals surface area contributed by atoms with E-state index < -0.39 is 0 Å². The molecule has 2 aromatic rings. The quantitative estimate of drug-likeness (QED) is 0.868. The normalized spacial score (nSPS) is 10.4. The van der Waals surface area contributed by atoms with Gasteiger partial charge in [0.25, 0.3) is 0 Å². The van der Waals surface area contributed by atoms with Crippen LogP contribution < -0.4 is 5.32 Å². The summed E-state index contributed by atoms with van der Waals surface area (Å²) in [6.45, 7) is 0.672. The van der Waals surface area contributed by atoms with Crippen LogP contribution in [0.25, 0.3) is 0 Å². The maximum Gasteiger partial charge on any atom is 0.145 e. The molecule has 0 aliphatic heterocycles. The first-order valence-electron chi connectivity index (χ1n) is 4.44. The predicted octanol–water partition coefficient (Wildman–Crippen LogP) is 4.82. The molecule has 1 N–H and O–H groups in total. The first kappa shape index (κ1) is 12.2. The summed E-state index contributed by atoms with van der Waals surface area (Å²) >= 11 is 16.7.